The highest BCUT2D eigenvalue weighted by atomic mass is 16.2. The van der Waals surface area contributed by atoms with Crippen LogP contribution in [0.3, 0.4) is 0 Å². The van der Waals surface area contributed by atoms with E-state index in [4.69, 9.17) is 5.26 Å². The fourth-order valence-electron chi connectivity index (χ4n) is 2.03. The molecule has 124 valence electrons. The number of likely N-dealkylation sites (N-methyl/N-ethyl adjacent to an activating group) is 1. The third-order valence-electron chi connectivity index (χ3n) is 3.24. The van der Waals surface area contributed by atoms with Crippen molar-refractivity contribution in [1.82, 2.24) is 15.2 Å². The first-order valence-electron chi connectivity index (χ1n) is 8.01. The first kappa shape index (κ1) is 18.8. The molecule has 0 spiro atoms. The van der Waals surface area contributed by atoms with Crippen molar-refractivity contribution in [3.8, 4) is 6.07 Å². The van der Waals surface area contributed by atoms with Gasteiger partial charge in [0, 0.05) is 38.6 Å². The van der Waals surface area contributed by atoms with Gasteiger partial charge in [-0.1, -0.05) is 6.92 Å². The molecular formula is C17H25N5O. The first-order valence-corrected chi connectivity index (χ1v) is 8.01. The van der Waals surface area contributed by atoms with Gasteiger partial charge in [-0.15, -0.1) is 0 Å². The van der Waals surface area contributed by atoms with Gasteiger partial charge >= 0.3 is 0 Å². The number of carbonyl (C=O) groups excluding carboxylic acids is 1. The van der Waals surface area contributed by atoms with Crippen LogP contribution < -0.4 is 5.32 Å². The molecule has 0 saturated heterocycles. The zero-order valence-corrected chi connectivity index (χ0v) is 14.0. The topological polar surface area (TPSA) is 81.4 Å². The molecule has 0 fully saturated rings. The number of hydrogen-bond acceptors (Lipinski definition) is 5. The van der Waals surface area contributed by atoms with Crippen molar-refractivity contribution < 1.29 is 4.79 Å². The minimum absolute atomic E-state index is 0.00316. The standard InChI is InChI=1S/C17H25N5O/c1-3-8-19-12-15-6-9-21-16(11-15)13-20-14-17(23)22(4-2)10-5-7-18/h6,9,11-12,20H,3-5,8,10,13-14H2,1-2H3/b19-12+. The van der Waals surface area contributed by atoms with Crippen LogP contribution in [0.5, 0.6) is 0 Å². The van der Waals surface area contributed by atoms with E-state index in [-0.39, 0.29) is 12.5 Å². The summed E-state index contributed by atoms with van der Waals surface area (Å²) in [6.45, 7) is 6.69. The molecule has 23 heavy (non-hydrogen) atoms. The molecule has 0 bridgehead atoms. The Morgan fingerprint density at radius 2 is 2.35 bits per heavy atom. The molecule has 1 aromatic rings. The fraction of sp³-hybridized carbons (Fsp3) is 0.529. The van der Waals surface area contributed by atoms with Crippen molar-refractivity contribution in [3.05, 3.63) is 29.6 Å². The highest BCUT2D eigenvalue weighted by Gasteiger charge is 2.10. The minimum Gasteiger partial charge on any atom is -0.341 e. The summed E-state index contributed by atoms with van der Waals surface area (Å²) in [5.74, 6) is 0.00316. The normalized spacial score (nSPS) is 10.7. The molecule has 1 amide bonds. The Hall–Kier alpha value is -2.26. The molecule has 0 atom stereocenters. The number of nitriles is 1. The van der Waals surface area contributed by atoms with Crippen LogP contribution in [-0.4, -0.2) is 48.2 Å². The van der Waals surface area contributed by atoms with Gasteiger partial charge in [0.2, 0.25) is 5.91 Å². The van der Waals surface area contributed by atoms with Gasteiger partial charge in [-0.2, -0.15) is 5.26 Å². The van der Waals surface area contributed by atoms with Crippen LogP contribution in [-0.2, 0) is 11.3 Å². The van der Waals surface area contributed by atoms with Crippen LogP contribution in [0.4, 0.5) is 0 Å². The summed E-state index contributed by atoms with van der Waals surface area (Å²) in [5, 5.41) is 11.7. The Morgan fingerprint density at radius 1 is 1.52 bits per heavy atom. The van der Waals surface area contributed by atoms with Gasteiger partial charge in [0.25, 0.3) is 0 Å². The molecule has 6 nitrogen and oxygen atoms in total. The second-order valence-electron chi connectivity index (χ2n) is 5.10. The number of aliphatic imine (C=N–C) groups is 1. The van der Waals surface area contributed by atoms with E-state index in [0.29, 0.717) is 26.1 Å². The van der Waals surface area contributed by atoms with E-state index < -0.39 is 0 Å². The van der Waals surface area contributed by atoms with E-state index in [1.54, 1.807) is 11.1 Å². The number of rotatable bonds is 10. The average Bonchev–Trinajstić information content (AvgIpc) is 2.56. The number of amides is 1. The van der Waals surface area contributed by atoms with E-state index in [1.807, 2.05) is 25.3 Å². The monoisotopic (exact) mass is 315 g/mol. The summed E-state index contributed by atoms with van der Waals surface area (Å²) in [7, 11) is 0. The van der Waals surface area contributed by atoms with E-state index in [9.17, 15) is 4.79 Å². The SMILES string of the molecule is CCC/N=C/c1ccnc(CNCC(=O)N(CC)CCC#N)c1. The van der Waals surface area contributed by atoms with Crippen LogP contribution >= 0.6 is 0 Å². The second-order valence-corrected chi connectivity index (χ2v) is 5.10. The van der Waals surface area contributed by atoms with Crippen molar-refractivity contribution in [1.29, 1.82) is 5.26 Å². The van der Waals surface area contributed by atoms with Crippen LogP contribution in [0.1, 0.15) is 37.9 Å². The van der Waals surface area contributed by atoms with Gasteiger partial charge in [0.15, 0.2) is 0 Å². The van der Waals surface area contributed by atoms with Crippen LogP contribution in [0.15, 0.2) is 23.3 Å². The Bertz CT molecular complexity index is 550. The van der Waals surface area contributed by atoms with Crippen LogP contribution in [0, 0.1) is 11.3 Å². The van der Waals surface area contributed by atoms with Gasteiger partial charge in [0.05, 0.1) is 24.7 Å². The summed E-state index contributed by atoms with van der Waals surface area (Å²) in [4.78, 5) is 22.3. The molecule has 0 unspecified atom stereocenters. The van der Waals surface area contributed by atoms with E-state index in [2.05, 4.69) is 28.3 Å². The maximum absolute atomic E-state index is 12.0. The van der Waals surface area contributed by atoms with Gasteiger partial charge in [-0.25, -0.2) is 0 Å². The minimum atomic E-state index is 0.00316. The zero-order chi connectivity index (χ0) is 16.9. The molecule has 0 aliphatic rings. The number of nitrogens with one attached hydrogen (secondary N) is 1. The highest BCUT2D eigenvalue weighted by molar-refractivity contribution is 5.79. The lowest BCUT2D eigenvalue weighted by molar-refractivity contribution is -0.130. The summed E-state index contributed by atoms with van der Waals surface area (Å²) in [6.07, 6.45) is 4.98. The molecule has 0 aromatic carbocycles. The van der Waals surface area contributed by atoms with Crippen molar-refractivity contribution in [2.75, 3.05) is 26.2 Å². The van der Waals surface area contributed by atoms with Crippen LogP contribution in [0.25, 0.3) is 0 Å². The van der Waals surface area contributed by atoms with Gasteiger partial charge in [0.1, 0.15) is 0 Å². The quantitative estimate of drug-likeness (QED) is 0.667. The lowest BCUT2D eigenvalue weighted by Crippen LogP contribution is -2.38. The third-order valence-corrected chi connectivity index (χ3v) is 3.24. The number of pyridine rings is 1. The predicted molar refractivity (Wildman–Crippen MR) is 91.2 cm³/mol. The summed E-state index contributed by atoms with van der Waals surface area (Å²) >= 11 is 0. The van der Waals surface area contributed by atoms with Gasteiger partial charge < -0.3 is 10.2 Å². The molecule has 6 heteroatoms. The molecular weight excluding hydrogens is 290 g/mol. The van der Waals surface area contributed by atoms with E-state index in [0.717, 1.165) is 24.2 Å². The summed E-state index contributed by atoms with van der Waals surface area (Å²) in [6, 6.07) is 5.93. The Morgan fingerprint density at radius 3 is 3.04 bits per heavy atom. The largest absolute Gasteiger partial charge is 0.341 e. The van der Waals surface area contributed by atoms with Crippen molar-refractivity contribution in [2.24, 2.45) is 4.99 Å². The Kier molecular flexibility index (Phi) is 9.25. The molecule has 1 heterocycles. The number of hydrogen-bond donors (Lipinski definition) is 1. The first-order chi connectivity index (χ1) is 11.2. The average molecular weight is 315 g/mol. The fourth-order valence-corrected chi connectivity index (χ4v) is 2.03. The van der Waals surface area contributed by atoms with Crippen molar-refractivity contribution in [3.63, 3.8) is 0 Å². The molecule has 0 aliphatic heterocycles. The molecule has 1 aromatic heterocycles. The number of nitrogens with zero attached hydrogens (tertiary/aromatic N) is 4. The van der Waals surface area contributed by atoms with E-state index >= 15 is 0 Å². The lowest BCUT2D eigenvalue weighted by atomic mass is 10.2. The molecule has 0 radical (unpaired) electrons. The molecule has 0 aliphatic carbocycles. The third kappa shape index (κ3) is 7.52. The van der Waals surface area contributed by atoms with E-state index in [1.165, 1.54) is 0 Å². The lowest BCUT2D eigenvalue weighted by Gasteiger charge is -2.19. The maximum atomic E-state index is 12.0. The Labute approximate surface area is 138 Å². The number of carbonyl (C=O) groups is 1. The summed E-state index contributed by atoms with van der Waals surface area (Å²) < 4.78 is 0. The number of aromatic nitrogens is 1. The van der Waals surface area contributed by atoms with Gasteiger partial charge in [-0.3, -0.25) is 14.8 Å². The smallest absolute Gasteiger partial charge is 0.236 e. The second kappa shape index (κ2) is 11.3. The molecule has 1 rings (SSSR count). The zero-order valence-electron chi connectivity index (χ0n) is 14.0. The maximum Gasteiger partial charge on any atom is 0.236 e. The van der Waals surface area contributed by atoms with Crippen molar-refractivity contribution in [2.45, 2.75) is 33.2 Å². The van der Waals surface area contributed by atoms with Gasteiger partial charge in [-0.05, 0) is 31.0 Å². The predicted octanol–water partition coefficient (Wildman–Crippen LogP) is 1.76. The highest BCUT2D eigenvalue weighted by Crippen LogP contribution is 2.00. The molecule has 1 N–H and O–H groups in total. The van der Waals surface area contributed by atoms with Crippen LogP contribution in [0.2, 0.25) is 0 Å². The Balaban J connectivity index is 2.44. The summed E-state index contributed by atoms with van der Waals surface area (Å²) in [5.41, 5.74) is 1.89. The van der Waals surface area contributed by atoms with Crippen molar-refractivity contribution >= 4 is 12.1 Å². The molecule has 0 saturated carbocycles.